The summed E-state index contributed by atoms with van der Waals surface area (Å²) in [7, 11) is 3.06. The summed E-state index contributed by atoms with van der Waals surface area (Å²) in [6.45, 7) is 0. The maximum Gasteiger partial charge on any atom is 0.193 e. The molecule has 0 aliphatic carbocycles. The first-order valence-electron chi connectivity index (χ1n) is 7.51. The Labute approximate surface area is 140 Å². The molecule has 0 amide bonds. The van der Waals surface area contributed by atoms with E-state index in [9.17, 15) is 4.79 Å². The molecule has 1 heterocycles. The summed E-state index contributed by atoms with van der Waals surface area (Å²) in [6, 6.07) is 15.1. The van der Waals surface area contributed by atoms with Gasteiger partial charge in [0.2, 0.25) is 0 Å². The fraction of sp³-hybridized carbons (Fsp3) is 0.100. The zero-order valence-corrected chi connectivity index (χ0v) is 13.5. The normalized spacial score (nSPS) is 10.9. The van der Waals surface area contributed by atoms with Gasteiger partial charge in [0.1, 0.15) is 17.1 Å². The average molecular weight is 319 g/mol. The predicted octanol–water partition coefficient (Wildman–Crippen LogP) is 4.15. The van der Waals surface area contributed by atoms with Crippen molar-refractivity contribution in [3.63, 3.8) is 0 Å². The van der Waals surface area contributed by atoms with Gasteiger partial charge in [-0.25, -0.2) is 0 Å². The number of benzene rings is 2. The molecule has 120 valence electrons. The molecule has 1 aromatic heterocycles. The molecule has 0 saturated carbocycles. The number of carbonyl (C=O) groups is 1. The Morgan fingerprint density at radius 1 is 1.00 bits per heavy atom. The number of methoxy groups -OCH3 is 2. The van der Waals surface area contributed by atoms with E-state index >= 15 is 0 Å². The van der Waals surface area contributed by atoms with Gasteiger partial charge in [-0.15, -0.1) is 0 Å². The van der Waals surface area contributed by atoms with E-state index in [0.717, 1.165) is 16.5 Å². The van der Waals surface area contributed by atoms with E-state index in [2.05, 4.69) is 4.98 Å². The van der Waals surface area contributed by atoms with Crippen LogP contribution in [0.3, 0.4) is 0 Å². The van der Waals surface area contributed by atoms with Crippen molar-refractivity contribution < 1.29 is 14.3 Å². The van der Waals surface area contributed by atoms with Crippen LogP contribution < -0.4 is 9.47 Å². The summed E-state index contributed by atoms with van der Waals surface area (Å²) in [4.78, 5) is 17.0. The molecule has 0 saturated heterocycles. The third-order valence-corrected chi connectivity index (χ3v) is 3.71. The standard InChI is InChI=1S/C20H17NO3/c1-23-18-8-5-9-19(24-2)20(18)17(22)11-10-14-12-15-6-3-4-7-16(15)21-13-14/h3-13H,1-2H3. The van der Waals surface area contributed by atoms with Gasteiger partial charge in [-0.1, -0.05) is 24.3 Å². The Hall–Kier alpha value is -3.14. The maximum atomic E-state index is 12.6. The van der Waals surface area contributed by atoms with E-state index in [-0.39, 0.29) is 5.78 Å². The van der Waals surface area contributed by atoms with E-state index in [0.29, 0.717) is 17.1 Å². The summed E-state index contributed by atoms with van der Waals surface area (Å²) in [5.41, 5.74) is 2.19. The number of allylic oxidation sites excluding steroid dienone is 1. The molecule has 0 spiro atoms. The van der Waals surface area contributed by atoms with Crippen LogP contribution in [0.4, 0.5) is 0 Å². The van der Waals surface area contributed by atoms with Gasteiger partial charge in [-0.05, 0) is 42.0 Å². The minimum absolute atomic E-state index is 0.183. The van der Waals surface area contributed by atoms with Crippen LogP contribution >= 0.6 is 0 Å². The van der Waals surface area contributed by atoms with E-state index in [1.165, 1.54) is 20.3 Å². The maximum absolute atomic E-state index is 12.6. The quantitative estimate of drug-likeness (QED) is 0.523. The second-order valence-corrected chi connectivity index (χ2v) is 5.20. The number of ketones is 1. The zero-order valence-electron chi connectivity index (χ0n) is 13.5. The summed E-state index contributed by atoms with van der Waals surface area (Å²) in [6.07, 6.45) is 4.99. The molecule has 3 rings (SSSR count). The predicted molar refractivity (Wildman–Crippen MR) is 94.7 cm³/mol. The first-order valence-corrected chi connectivity index (χ1v) is 7.51. The average Bonchev–Trinajstić information content (AvgIpc) is 2.65. The van der Waals surface area contributed by atoms with Crippen molar-refractivity contribution in [3.05, 3.63) is 71.9 Å². The lowest BCUT2D eigenvalue weighted by Crippen LogP contribution is -2.02. The molecule has 4 nitrogen and oxygen atoms in total. The SMILES string of the molecule is COc1cccc(OC)c1C(=O)C=Cc1cnc2ccccc2c1. The molecule has 0 radical (unpaired) electrons. The number of hydrogen-bond donors (Lipinski definition) is 0. The fourth-order valence-corrected chi connectivity index (χ4v) is 2.53. The van der Waals surface area contributed by atoms with Crippen LogP contribution in [-0.2, 0) is 0 Å². The molecule has 2 aromatic carbocycles. The van der Waals surface area contributed by atoms with Crippen LogP contribution in [0, 0.1) is 0 Å². The number of nitrogens with zero attached hydrogens (tertiary/aromatic N) is 1. The first kappa shape index (κ1) is 15.7. The Bertz CT molecular complexity index is 893. The highest BCUT2D eigenvalue weighted by atomic mass is 16.5. The van der Waals surface area contributed by atoms with Gasteiger partial charge >= 0.3 is 0 Å². The Kier molecular flexibility index (Phi) is 4.57. The third kappa shape index (κ3) is 3.13. The van der Waals surface area contributed by atoms with E-state index < -0.39 is 0 Å². The number of carbonyl (C=O) groups excluding carboxylic acids is 1. The van der Waals surface area contributed by atoms with Crippen molar-refractivity contribution in [3.8, 4) is 11.5 Å². The highest BCUT2D eigenvalue weighted by Crippen LogP contribution is 2.29. The van der Waals surface area contributed by atoms with Crippen molar-refractivity contribution >= 4 is 22.8 Å². The zero-order chi connectivity index (χ0) is 16.9. The Morgan fingerprint density at radius 3 is 2.42 bits per heavy atom. The minimum Gasteiger partial charge on any atom is -0.496 e. The van der Waals surface area contributed by atoms with E-state index in [1.54, 1.807) is 30.5 Å². The van der Waals surface area contributed by atoms with Crippen molar-refractivity contribution in [2.24, 2.45) is 0 Å². The number of rotatable bonds is 5. The lowest BCUT2D eigenvalue weighted by molar-refractivity contribution is 0.104. The Morgan fingerprint density at radius 2 is 1.71 bits per heavy atom. The summed E-state index contributed by atoms with van der Waals surface area (Å²) >= 11 is 0. The van der Waals surface area contributed by atoms with Crippen molar-refractivity contribution in [2.45, 2.75) is 0 Å². The van der Waals surface area contributed by atoms with Gasteiger partial charge in [0.15, 0.2) is 5.78 Å². The monoisotopic (exact) mass is 319 g/mol. The van der Waals surface area contributed by atoms with Gasteiger partial charge < -0.3 is 9.47 Å². The number of hydrogen-bond acceptors (Lipinski definition) is 4. The van der Waals surface area contributed by atoms with Crippen LogP contribution in [0.5, 0.6) is 11.5 Å². The molecule has 0 bridgehead atoms. The van der Waals surface area contributed by atoms with Crippen LogP contribution in [0.2, 0.25) is 0 Å². The van der Waals surface area contributed by atoms with Crippen molar-refractivity contribution in [1.29, 1.82) is 0 Å². The number of ether oxygens (including phenoxy) is 2. The van der Waals surface area contributed by atoms with Gasteiger partial charge in [0.05, 0.1) is 19.7 Å². The summed E-state index contributed by atoms with van der Waals surface area (Å²) in [5, 5.41) is 1.03. The second kappa shape index (κ2) is 6.96. The lowest BCUT2D eigenvalue weighted by atomic mass is 10.1. The Balaban J connectivity index is 1.92. The molecule has 0 atom stereocenters. The molecular formula is C20H17NO3. The molecule has 4 heteroatoms. The van der Waals surface area contributed by atoms with Crippen LogP contribution in [0.1, 0.15) is 15.9 Å². The second-order valence-electron chi connectivity index (χ2n) is 5.20. The van der Waals surface area contributed by atoms with E-state index in [1.807, 2.05) is 30.3 Å². The van der Waals surface area contributed by atoms with Gasteiger partial charge in [0.25, 0.3) is 0 Å². The molecule has 0 fully saturated rings. The lowest BCUT2D eigenvalue weighted by Gasteiger charge is -2.10. The minimum atomic E-state index is -0.183. The number of aromatic nitrogens is 1. The molecular weight excluding hydrogens is 302 g/mol. The van der Waals surface area contributed by atoms with Crippen LogP contribution in [-0.4, -0.2) is 25.0 Å². The molecule has 0 N–H and O–H groups in total. The van der Waals surface area contributed by atoms with E-state index in [4.69, 9.17) is 9.47 Å². The molecule has 24 heavy (non-hydrogen) atoms. The largest absolute Gasteiger partial charge is 0.496 e. The fourth-order valence-electron chi connectivity index (χ4n) is 2.53. The number of fused-ring (bicyclic) bond motifs is 1. The van der Waals surface area contributed by atoms with Crippen molar-refractivity contribution in [2.75, 3.05) is 14.2 Å². The highest BCUT2D eigenvalue weighted by Gasteiger charge is 2.15. The number of pyridine rings is 1. The van der Waals surface area contributed by atoms with Crippen LogP contribution in [0.15, 0.2) is 60.8 Å². The highest BCUT2D eigenvalue weighted by molar-refractivity contribution is 6.10. The number of para-hydroxylation sites is 1. The van der Waals surface area contributed by atoms with Gasteiger partial charge in [-0.3, -0.25) is 9.78 Å². The molecule has 0 aliphatic rings. The van der Waals surface area contributed by atoms with Crippen LogP contribution in [0.25, 0.3) is 17.0 Å². The molecule has 0 unspecified atom stereocenters. The van der Waals surface area contributed by atoms with Gasteiger partial charge in [0, 0.05) is 11.6 Å². The first-order chi connectivity index (χ1) is 11.7. The third-order valence-electron chi connectivity index (χ3n) is 3.71. The topological polar surface area (TPSA) is 48.4 Å². The molecule has 0 aliphatic heterocycles. The van der Waals surface area contributed by atoms with Gasteiger partial charge in [-0.2, -0.15) is 0 Å². The smallest absolute Gasteiger partial charge is 0.193 e. The van der Waals surface area contributed by atoms with Crippen molar-refractivity contribution in [1.82, 2.24) is 4.98 Å². The summed E-state index contributed by atoms with van der Waals surface area (Å²) < 4.78 is 10.5. The summed E-state index contributed by atoms with van der Waals surface area (Å²) in [5.74, 6) is 0.790. The molecule has 3 aromatic rings.